The van der Waals surface area contributed by atoms with Gasteiger partial charge in [0.15, 0.2) is 0 Å². The Hall–Kier alpha value is -3.02. The minimum atomic E-state index is -0.281. The molecular weight excluding hydrogens is 318 g/mol. The van der Waals surface area contributed by atoms with Gasteiger partial charge in [0.1, 0.15) is 0 Å². The number of nitrogens with one attached hydrogen (secondary N) is 1. The lowest BCUT2D eigenvalue weighted by Crippen LogP contribution is -2.32. The molecule has 0 saturated heterocycles. The molecule has 0 spiro atoms. The average molecular weight is 337 g/mol. The number of nitrogens with zero attached hydrogens (tertiary/aromatic N) is 2. The highest BCUT2D eigenvalue weighted by atomic mass is 16.2. The van der Waals surface area contributed by atoms with Gasteiger partial charge < -0.3 is 5.32 Å². The molecule has 6 nitrogen and oxygen atoms in total. The molecular formula is C19H19N3O3. The first-order chi connectivity index (χ1) is 12.2. The van der Waals surface area contributed by atoms with Crippen LogP contribution in [0.1, 0.15) is 39.3 Å². The van der Waals surface area contributed by atoms with E-state index in [0.29, 0.717) is 30.5 Å². The third kappa shape index (κ3) is 3.91. The molecule has 6 heteroatoms. The number of imide groups is 1. The van der Waals surface area contributed by atoms with Crippen molar-refractivity contribution in [3.63, 3.8) is 0 Å². The van der Waals surface area contributed by atoms with Gasteiger partial charge in [-0.1, -0.05) is 18.2 Å². The Morgan fingerprint density at radius 3 is 2.32 bits per heavy atom. The fraction of sp³-hybridized carbons (Fsp3) is 0.263. The lowest BCUT2D eigenvalue weighted by Gasteiger charge is -2.13. The molecule has 3 rings (SSSR count). The first kappa shape index (κ1) is 16.8. The van der Waals surface area contributed by atoms with Gasteiger partial charge in [0.25, 0.3) is 11.8 Å². The Morgan fingerprint density at radius 2 is 1.68 bits per heavy atom. The van der Waals surface area contributed by atoms with Gasteiger partial charge in [0.2, 0.25) is 5.91 Å². The average Bonchev–Trinajstić information content (AvgIpc) is 2.88. The third-order valence-corrected chi connectivity index (χ3v) is 4.09. The number of pyridine rings is 1. The van der Waals surface area contributed by atoms with Gasteiger partial charge in [-0.3, -0.25) is 24.3 Å². The summed E-state index contributed by atoms with van der Waals surface area (Å²) in [4.78, 5) is 41.7. The maximum atomic E-state index is 12.2. The van der Waals surface area contributed by atoms with Crippen molar-refractivity contribution in [2.45, 2.75) is 19.3 Å². The fourth-order valence-electron chi connectivity index (χ4n) is 2.80. The molecule has 2 aromatic rings. The smallest absolute Gasteiger partial charge is 0.261 e. The number of rotatable bonds is 7. The van der Waals surface area contributed by atoms with Crippen LogP contribution in [0.25, 0.3) is 0 Å². The lowest BCUT2D eigenvalue weighted by atomic mass is 10.1. The van der Waals surface area contributed by atoms with E-state index in [0.717, 1.165) is 5.69 Å². The molecule has 0 saturated carbocycles. The predicted octanol–water partition coefficient (Wildman–Crippen LogP) is 1.82. The summed E-state index contributed by atoms with van der Waals surface area (Å²) in [7, 11) is 0. The molecule has 1 aliphatic rings. The van der Waals surface area contributed by atoms with Crippen molar-refractivity contribution in [2.24, 2.45) is 0 Å². The van der Waals surface area contributed by atoms with Gasteiger partial charge in [-0.15, -0.1) is 0 Å². The Balaban J connectivity index is 1.40. The monoisotopic (exact) mass is 337 g/mol. The molecule has 1 N–H and O–H groups in total. The van der Waals surface area contributed by atoms with Crippen LogP contribution in [0, 0.1) is 0 Å². The van der Waals surface area contributed by atoms with E-state index in [2.05, 4.69) is 10.3 Å². The van der Waals surface area contributed by atoms with Crippen molar-refractivity contribution in [3.8, 4) is 0 Å². The molecule has 25 heavy (non-hydrogen) atoms. The minimum absolute atomic E-state index is 0.0902. The second-order valence-electron chi connectivity index (χ2n) is 5.83. The number of carbonyl (C=O) groups excluding carboxylic acids is 3. The molecule has 0 bridgehead atoms. The number of benzene rings is 1. The van der Waals surface area contributed by atoms with Gasteiger partial charge >= 0.3 is 0 Å². The van der Waals surface area contributed by atoms with E-state index in [1.807, 2.05) is 18.2 Å². The Bertz CT molecular complexity index is 755. The molecule has 1 aromatic heterocycles. The van der Waals surface area contributed by atoms with Crippen molar-refractivity contribution in [1.82, 2.24) is 15.2 Å². The molecule has 2 heterocycles. The Morgan fingerprint density at radius 1 is 1.00 bits per heavy atom. The van der Waals surface area contributed by atoms with Crippen LogP contribution in [0.15, 0.2) is 48.7 Å². The first-order valence-electron chi connectivity index (χ1n) is 8.28. The zero-order valence-electron chi connectivity index (χ0n) is 13.8. The predicted molar refractivity (Wildman–Crippen MR) is 92.0 cm³/mol. The maximum Gasteiger partial charge on any atom is 0.261 e. The number of amides is 3. The highest BCUT2D eigenvalue weighted by molar-refractivity contribution is 6.21. The van der Waals surface area contributed by atoms with E-state index in [1.165, 1.54) is 4.90 Å². The molecule has 1 aromatic carbocycles. The highest BCUT2D eigenvalue weighted by Crippen LogP contribution is 2.22. The van der Waals surface area contributed by atoms with E-state index in [1.54, 1.807) is 30.5 Å². The van der Waals surface area contributed by atoms with Crippen LogP contribution < -0.4 is 5.32 Å². The first-order valence-corrected chi connectivity index (χ1v) is 8.28. The number of fused-ring (bicyclic) bond motifs is 1. The maximum absolute atomic E-state index is 12.2. The van der Waals surface area contributed by atoms with E-state index in [4.69, 9.17) is 0 Å². The summed E-state index contributed by atoms with van der Waals surface area (Å²) in [5.41, 5.74) is 1.80. The summed E-state index contributed by atoms with van der Waals surface area (Å²) < 4.78 is 0. The van der Waals surface area contributed by atoms with Gasteiger partial charge in [0, 0.05) is 37.8 Å². The van der Waals surface area contributed by atoms with Crippen LogP contribution >= 0.6 is 0 Å². The minimum Gasteiger partial charge on any atom is -0.356 e. The van der Waals surface area contributed by atoms with Crippen LogP contribution in [0.2, 0.25) is 0 Å². The van der Waals surface area contributed by atoms with E-state index >= 15 is 0 Å². The quantitative estimate of drug-likeness (QED) is 0.782. The zero-order valence-corrected chi connectivity index (χ0v) is 13.8. The molecule has 0 radical (unpaired) electrons. The number of carbonyl (C=O) groups is 3. The summed E-state index contributed by atoms with van der Waals surface area (Å²) in [5, 5.41) is 2.83. The van der Waals surface area contributed by atoms with Crippen LogP contribution in [-0.2, 0) is 11.2 Å². The zero-order chi connectivity index (χ0) is 17.6. The normalized spacial score (nSPS) is 13.0. The number of hydrogen-bond donors (Lipinski definition) is 1. The molecule has 0 atom stereocenters. The molecule has 1 aliphatic heterocycles. The Kier molecular flexibility index (Phi) is 5.18. The van der Waals surface area contributed by atoms with Gasteiger partial charge in [-0.2, -0.15) is 0 Å². The summed E-state index contributed by atoms with van der Waals surface area (Å²) in [5.74, 6) is -0.653. The lowest BCUT2D eigenvalue weighted by molar-refractivity contribution is -0.121. The van der Waals surface area contributed by atoms with Crippen LogP contribution in [0.3, 0.4) is 0 Å². The second kappa shape index (κ2) is 7.70. The van der Waals surface area contributed by atoms with Crippen molar-refractivity contribution in [3.05, 3.63) is 65.5 Å². The SMILES string of the molecule is O=C(CCCN1C(=O)c2ccccc2C1=O)NCCc1ccccn1. The standard InChI is InChI=1S/C19H19N3O3/c23-17(21-12-10-14-6-3-4-11-20-14)9-5-13-22-18(24)15-7-1-2-8-16(15)19(22)25/h1-4,6-8,11H,5,9-10,12-13H2,(H,21,23). The van der Waals surface area contributed by atoms with E-state index in [-0.39, 0.29) is 30.7 Å². The summed E-state index contributed by atoms with van der Waals surface area (Å²) in [6.45, 7) is 0.767. The van der Waals surface area contributed by atoms with Crippen LogP contribution in [0.5, 0.6) is 0 Å². The summed E-state index contributed by atoms with van der Waals surface area (Å²) in [6, 6.07) is 12.5. The van der Waals surface area contributed by atoms with Crippen LogP contribution in [0.4, 0.5) is 0 Å². The highest BCUT2D eigenvalue weighted by Gasteiger charge is 2.34. The number of aromatic nitrogens is 1. The Labute approximate surface area is 145 Å². The topological polar surface area (TPSA) is 79.4 Å². The van der Waals surface area contributed by atoms with Gasteiger partial charge in [0.05, 0.1) is 11.1 Å². The molecule has 3 amide bonds. The van der Waals surface area contributed by atoms with E-state index < -0.39 is 0 Å². The van der Waals surface area contributed by atoms with Gasteiger partial charge in [-0.05, 0) is 30.7 Å². The van der Waals surface area contributed by atoms with Crippen molar-refractivity contribution < 1.29 is 14.4 Å². The summed E-state index contributed by atoms with van der Waals surface area (Å²) >= 11 is 0. The molecule has 0 unspecified atom stereocenters. The largest absolute Gasteiger partial charge is 0.356 e. The molecule has 0 fully saturated rings. The summed E-state index contributed by atoms with van der Waals surface area (Å²) in [6.07, 6.45) is 3.11. The van der Waals surface area contributed by atoms with Crippen molar-refractivity contribution in [1.29, 1.82) is 0 Å². The van der Waals surface area contributed by atoms with Crippen molar-refractivity contribution >= 4 is 17.7 Å². The second-order valence-corrected chi connectivity index (χ2v) is 5.83. The van der Waals surface area contributed by atoms with Crippen molar-refractivity contribution in [2.75, 3.05) is 13.1 Å². The molecule has 0 aliphatic carbocycles. The number of hydrogen-bond acceptors (Lipinski definition) is 4. The fourth-order valence-corrected chi connectivity index (χ4v) is 2.80. The van der Waals surface area contributed by atoms with E-state index in [9.17, 15) is 14.4 Å². The molecule has 128 valence electrons. The third-order valence-electron chi connectivity index (χ3n) is 4.09. The van der Waals surface area contributed by atoms with Gasteiger partial charge in [-0.25, -0.2) is 0 Å². The van der Waals surface area contributed by atoms with Crippen LogP contribution in [-0.4, -0.2) is 40.7 Å².